The van der Waals surface area contributed by atoms with Crippen LogP contribution in [0.4, 0.5) is 0 Å². The van der Waals surface area contributed by atoms with Crippen LogP contribution in [0.2, 0.25) is 0 Å². The maximum Gasteiger partial charge on any atom is 0.244 e. The molecule has 3 N–H and O–H groups in total. The van der Waals surface area contributed by atoms with Crippen molar-refractivity contribution in [3.05, 3.63) is 18.5 Å². The van der Waals surface area contributed by atoms with Crippen LogP contribution in [-0.2, 0) is 9.59 Å². The molecule has 1 aromatic heterocycles. The molecule has 0 aromatic carbocycles. The average Bonchev–Trinajstić information content (AvgIpc) is 2.93. The molecule has 1 fully saturated rings. The van der Waals surface area contributed by atoms with Gasteiger partial charge in [-0.05, 0) is 25.8 Å². The maximum absolute atomic E-state index is 12.1. The summed E-state index contributed by atoms with van der Waals surface area (Å²) in [6.45, 7) is 3.68. The number of rotatable bonds is 5. The van der Waals surface area contributed by atoms with Gasteiger partial charge in [0.25, 0.3) is 0 Å². The van der Waals surface area contributed by atoms with Crippen molar-refractivity contribution < 1.29 is 9.59 Å². The number of piperidine rings is 1. The summed E-state index contributed by atoms with van der Waals surface area (Å²) in [7, 11) is 0. The number of nitrogens with one attached hydrogen (secondary N) is 1. The number of carbonyl (C=O) groups excluding carboxylic acids is 2. The third-order valence-corrected chi connectivity index (χ3v) is 3.61. The van der Waals surface area contributed by atoms with Crippen molar-refractivity contribution in [2.24, 2.45) is 5.73 Å². The van der Waals surface area contributed by atoms with Crippen molar-refractivity contribution in [2.45, 2.75) is 31.8 Å². The first-order chi connectivity index (χ1) is 9.56. The Morgan fingerprint density at radius 1 is 1.45 bits per heavy atom. The Hall–Kier alpha value is -1.89. The van der Waals surface area contributed by atoms with Gasteiger partial charge in [0.2, 0.25) is 11.8 Å². The summed E-state index contributed by atoms with van der Waals surface area (Å²) >= 11 is 0. The zero-order valence-corrected chi connectivity index (χ0v) is 11.7. The predicted octanol–water partition coefficient (Wildman–Crippen LogP) is -0.490. The van der Waals surface area contributed by atoms with Crippen molar-refractivity contribution in [3.8, 4) is 0 Å². The molecule has 0 aliphatic carbocycles. The molecular formula is C13H21N5O2. The van der Waals surface area contributed by atoms with Gasteiger partial charge in [-0.25, -0.2) is 0 Å². The molecule has 0 radical (unpaired) electrons. The highest BCUT2D eigenvalue weighted by atomic mass is 16.2. The fourth-order valence-corrected chi connectivity index (χ4v) is 2.41. The number of hydrogen-bond acceptors (Lipinski definition) is 4. The summed E-state index contributed by atoms with van der Waals surface area (Å²) in [5.74, 6) is -0.332. The van der Waals surface area contributed by atoms with Crippen LogP contribution in [-0.4, -0.2) is 52.2 Å². The monoisotopic (exact) mass is 279 g/mol. The molecule has 2 amide bonds. The fraction of sp³-hybridized carbons (Fsp3) is 0.615. The van der Waals surface area contributed by atoms with Gasteiger partial charge in [0.05, 0.1) is 6.54 Å². The minimum absolute atomic E-state index is 0.0259. The van der Waals surface area contributed by atoms with E-state index in [1.165, 1.54) is 0 Å². The van der Waals surface area contributed by atoms with Crippen LogP contribution in [0, 0.1) is 0 Å². The number of nitrogens with zero attached hydrogens (tertiary/aromatic N) is 3. The number of carbonyl (C=O) groups is 2. The Labute approximate surface area is 118 Å². The Morgan fingerprint density at radius 3 is 2.70 bits per heavy atom. The molecular weight excluding hydrogens is 258 g/mol. The first-order valence-electron chi connectivity index (χ1n) is 6.86. The second-order valence-electron chi connectivity index (χ2n) is 5.19. The third kappa shape index (κ3) is 3.80. The molecule has 110 valence electrons. The van der Waals surface area contributed by atoms with Crippen LogP contribution in [0.15, 0.2) is 18.5 Å². The topological polar surface area (TPSA) is 93.3 Å². The fourth-order valence-electron chi connectivity index (χ4n) is 2.41. The van der Waals surface area contributed by atoms with E-state index in [2.05, 4.69) is 10.4 Å². The highest BCUT2D eigenvalue weighted by molar-refractivity contribution is 5.80. The van der Waals surface area contributed by atoms with Gasteiger partial charge < -0.3 is 11.1 Å². The number of aromatic nitrogens is 2. The molecule has 7 heteroatoms. The summed E-state index contributed by atoms with van der Waals surface area (Å²) in [5, 5.41) is 7.11. The lowest BCUT2D eigenvalue weighted by Gasteiger charge is -2.32. The van der Waals surface area contributed by atoms with E-state index in [1.807, 2.05) is 11.8 Å². The van der Waals surface area contributed by atoms with Gasteiger partial charge in [0.15, 0.2) is 0 Å². The zero-order chi connectivity index (χ0) is 14.5. The van der Waals surface area contributed by atoms with Crippen LogP contribution in [0.1, 0.15) is 25.8 Å². The molecule has 1 saturated heterocycles. The van der Waals surface area contributed by atoms with Crippen molar-refractivity contribution >= 4 is 11.8 Å². The van der Waals surface area contributed by atoms with Crippen molar-refractivity contribution in [2.75, 3.05) is 19.6 Å². The number of likely N-dealkylation sites (tertiary alicyclic amines) is 1. The average molecular weight is 279 g/mol. The van der Waals surface area contributed by atoms with Gasteiger partial charge in [-0.2, -0.15) is 5.10 Å². The van der Waals surface area contributed by atoms with Crippen LogP contribution >= 0.6 is 0 Å². The molecule has 20 heavy (non-hydrogen) atoms. The lowest BCUT2D eigenvalue weighted by Crippen LogP contribution is -2.47. The van der Waals surface area contributed by atoms with E-state index in [0.29, 0.717) is 6.54 Å². The largest absolute Gasteiger partial charge is 0.369 e. The van der Waals surface area contributed by atoms with Crippen LogP contribution in [0.25, 0.3) is 0 Å². The Balaban J connectivity index is 1.78. The van der Waals surface area contributed by atoms with Gasteiger partial charge in [0, 0.05) is 31.5 Å². The minimum atomic E-state index is -0.311. The highest BCUT2D eigenvalue weighted by Gasteiger charge is 2.23. The highest BCUT2D eigenvalue weighted by Crippen LogP contribution is 2.11. The molecule has 0 saturated carbocycles. The quantitative estimate of drug-likeness (QED) is 0.760. The molecule has 2 rings (SSSR count). The van der Waals surface area contributed by atoms with E-state index in [-0.39, 0.29) is 23.9 Å². The second kappa shape index (κ2) is 6.51. The Morgan fingerprint density at radius 2 is 2.15 bits per heavy atom. The number of amides is 2. The van der Waals surface area contributed by atoms with Crippen LogP contribution < -0.4 is 11.1 Å². The number of primary amides is 1. The smallest absolute Gasteiger partial charge is 0.244 e. The van der Waals surface area contributed by atoms with Gasteiger partial charge in [-0.3, -0.25) is 19.2 Å². The summed E-state index contributed by atoms with van der Waals surface area (Å²) in [6.07, 6.45) is 5.11. The summed E-state index contributed by atoms with van der Waals surface area (Å²) in [6, 6.07) is 1.64. The first-order valence-corrected chi connectivity index (χ1v) is 6.86. The van der Waals surface area contributed by atoms with Crippen molar-refractivity contribution in [3.63, 3.8) is 0 Å². The van der Waals surface area contributed by atoms with Gasteiger partial charge >= 0.3 is 0 Å². The number of hydrogen-bond donors (Lipinski definition) is 2. The van der Waals surface area contributed by atoms with Crippen LogP contribution in [0.3, 0.4) is 0 Å². The normalized spacial score (nSPS) is 18.6. The standard InChI is InChI=1S/C13H21N5O2/c1-10(18-6-2-5-15-18)13(20)16-11-3-7-17(8-4-11)9-12(14)19/h2,5-6,10-11H,3-4,7-9H2,1H3,(H2,14,19)(H,16,20)/t10-/m1/s1. The molecule has 1 aliphatic heterocycles. The SMILES string of the molecule is C[C@H](C(=O)NC1CCN(CC(N)=O)CC1)n1cccn1. The molecule has 0 unspecified atom stereocenters. The zero-order valence-electron chi connectivity index (χ0n) is 11.7. The van der Waals surface area contributed by atoms with E-state index in [4.69, 9.17) is 5.73 Å². The molecule has 1 aromatic rings. The predicted molar refractivity (Wildman–Crippen MR) is 73.7 cm³/mol. The molecule has 7 nitrogen and oxygen atoms in total. The molecule has 0 spiro atoms. The van der Waals surface area contributed by atoms with E-state index in [1.54, 1.807) is 23.1 Å². The third-order valence-electron chi connectivity index (χ3n) is 3.61. The lowest BCUT2D eigenvalue weighted by molar-refractivity contribution is -0.125. The molecule has 1 aliphatic rings. The lowest BCUT2D eigenvalue weighted by atomic mass is 10.0. The Bertz CT molecular complexity index is 451. The van der Waals surface area contributed by atoms with Gasteiger partial charge in [0.1, 0.15) is 6.04 Å². The molecule has 0 bridgehead atoms. The summed E-state index contributed by atoms with van der Waals surface area (Å²) < 4.78 is 1.64. The molecule has 2 heterocycles. The minimum Gasteiger partial charge on any atom is -0.369 e. The van der Waals surface area contributed by atoms with Crippen molar-refractivity contribution in [1.82, 2.24) is 20.0 Å². The second-order valence-corrected chi connectivity index (χ2v) is 5.19. The molecule has 1 atom stereocenters. The van der Waals surface area contributed by atoms with E-state index in [9.17, 15) is 9.59 Å². The number of nitrogens with two attached hydrogens (primary N) is 1. The van der Waals surface area contributed by atoms with Crippen LogP contribution in [0.5, 0.6) is 0 Å². The van der Waals surface area contributed by atoms with Gasteiger partial charge in [-0.15, -0.1) is 0 Å². The Kier molecular flexibility index (Phi) is 4.73. The maximum atomic E-state index is 12.1. The summed E-state index contributed by atoms with van der Waals surface area (Å²) in [4.78, 5) is 25.0. The van der Waals surface area contributed by atoms with E-state index >= 15 is 0 Å². The first kappa shape index (κ1) is 14.5. The van der Waals surface area contributed by atoms with Crippen molar-refractivity contribution in [1.29, 1.82) is 0 Å². The van der Waals surface area contributed by atoms with Gasteiger partial charge in [-0.1, -0.05) is 0 Å². The van der Waals surface area contributed by atoms with E-state index in [0.717, 1.165) is 25.9 Å². The van der Waals surface area contributed by atoms with E-state index < -0.39 is 0 Å². The summed E-state index contributed by atoms with van der Waals surface area (Å²) in [5.41, 5.74) is 5.17.